The number of pyridine rings is 2. The second kappa shape index (κ2) is 17.9. The van der Waals surface area contributed by atoms with Crippen LogP contribution in [0, 0.1) is 23.8 Å². The number of fused-ring (bicyclic) bond motifs is 2. The number of aliphatic hydroxyl groups is 1. The molecular formula is C43H53IrN2O3-. The third-order valence-electron chi connectivity index (χ3n) is 9.16. The first-order chi connectivity index (χ1) is 22.9. The van der Waals surface area contributed by atoms with Gasteiger partial charge in [-0.25, -0.2) is 0 Å². The Morgan fingerprint density at radius 1 is 0.918 bits per heavy atom. The Morgan fingerprint density at radius 3 is 2.22 bits per heavy atom. The van der Waals surface area contributed by atoms with E-state index in [-0.39, 0.29) is 48.9 Å². The normalized spacial score (nSPS) is 12.0. The number of hydrogen-bond donors (Lipinski definition) is 1. The zero-order chi connectivity index (χ0) is 35.0. The van der Waals surface area contributed by atoms with Crippen LogP contribution in [0.1, 0.15) is 99.1 Å². The average Bonchev–Trinajstić information content (AvgIpc) is 3.56. The molecule has 1 N–H and O–H groups in total. The predicted molar refractivity (Wildman–Crippen MR) is 200 cm³/mol. The van der Waals surface area contributed by atoms with Crippen LogP contribution in [0.4, 0.5) is 0 Å². The molecule has 49 heavy (non-hydrogen) atoms. The van der Waals surface area contributed by atoms with Crippen molar-refractivity contribution < 1.29 is 34.4 Å². The van der Waals surface area contributed by atoms with E-state index in [1.54, 1.807) is 6.26 Å². The monoisotopic (exact) mass is 838 g/mol. The van der Waals surface area contributed by atoms with Gasteiger partial charge in [0.2, 0.25) is 0 Å². The molecule has 5 nitrogen and oxygen atoms in total. The van der Waals surface area contributed by atoms with Gasteiger partial charge in [-0.15, -0.1) is 29.1 Å². The fourth-order valence-corrected chi connectivity index (χ4v) is 6.32. The van der Waals surface area contributed by atoms with Crippen molar-refractivity contribution >= 4 is 27.5 Å². The van der Waals surface area contributed by atoms with E-state index in [0.717, 1.165) is 76.5 Å². The van der Waals surface area contributed by atoms with Gasteiger partial charge in [-0.2, -0.15) is 0 Å². The van der Waals surface area contributed by atoms with E-state index in [0.29, 0.717) is 5.92 Å². The number of hydrogen-bond acceptors (Lipinski definition) is 5. The molecule has 1 radical (unpaired) electrons. The Labute approximate surface area is 307 Å². The SMILES string of the molecule is CC(C)Cc1cnc(-c2ccnc(-c3[c-]c4ccccc4c(C(C)(C)C)c3)c2)c2ccoc12.CCC(CC)C(=O)/C=C(\O)C(CC)CC.[Ir]. The van der Waals surface area contributed by atoms with Crippen molar-refractivity contribution in [2.24, 2.45) is 17.8 Å². The molecule has 0 fully saturated rings. The molecule has 0 aliphatic heterocycles. The molecule has 0 aliphatic carbocycles. The van der Waals surface area contributed by atoms with Gasteiger partial charge in [0.15, 0.2) is 5.78 Å². The number of rotatable bonds is 11. The molecule has 263 valence electrons. The predicted octanol–water partition coefficient (Wildman–Crippen LogP) is 11.9. The first kappa shape index (κ1) is 39.8. The second-order valence-corrected chi connectivity index (χ2v) is 14.2. The number of ketones is 1. The van der Waals surface area contributed by atoms with E-state index in [4.69, 9.17) is 14.4 Å². The Bertz CT molecular complexity index is 1860. The van der Waals surface area contributed by atoms with Crippen molar-refractivity contribution in [1.29, 1.82) is 0 Å². The summed E-state index contributed by atoms with van der Waals surface area (Å²) >= 11 is 0. The molecule has 0 atom stereocenters. The van der Waals surface area contributed by atoms with E-state index in [2.05, 4.69) is 77.1 Å². The van der Waals surface area contributed by atoms with E-state index >= 15 is 0 Å². The zero-order valence-corrected chi connectivity index (χ0v) is 33.1. The minimum Gasteiger partial charge on any atom is -0.512 e. The molecule has 3 heterocycles. The van der Waals surface area contributed by atoms with Crippen LogP contribution < -0.4 is 0 Å². The summed E-state index contributed by atoms with van der Waals surface area (Å²) in [4.78, 5) is 21.3. The van der Waals surface area contributed by atoms with Crippen LogP contribution in [-0.4, -0.2) is 20.9 Å². The summed E-state index contributed by atoms with van der Waals surface area (Å²) < 4.78 is 5.87. The number of aliphatic hydroxyl groups excluding tert-OH is 1. The third-order valence-corrected chi connectivity index (χ3v) is 9.16. The number of nitrogens with zero attached hydrogens (tertiary/aromatic N) is 2. The van der Waals surface area contributed by atoms with Crippen LogP contribution in [0.2, 0.25) is 0 Å². The molecule has 3 aromatic heterocycles. The van der Waals surface area contributed by atoms with Crippen LogP contribution >= 0.6 is 0 Å². The van der Waals surface area contributed by atoms with Crippen LogP contribution in [0.15, 0.2) is 83.4 Å². The molecular weight excluding hydrogens is 785 g/mol. The van der Waals surface area contributed by atoms with Crippen LogP contribution in [0.3, 0.4) is 0 Å². The van der Waals surface area contributed by atoms with Gasteiger partial charge in [0.25, 0.3) is 0 Å². The van der Waals surface area contributed by atoms with Gasteiger partial charge in [-0.05, 0) is 61.1 Å². The molecule has 0 spiro atoms. The van der Waals surface area contributed by atoms with E-state index in [9.17, 15) is 9.90 Å². The summed E-state index contributed by atoms with van der Waals surface area (Å²) in [6, 6.07) is 20.4. The molecule has 0 unspecified atom stereocenters. The first-order valence-electron chi connectivity index (χ1n) is 17.6. The van der Waals surface area contributed by atoms with Gasteiger partial charge in [0.05, 0.1) is 17.7 Å². The average molecular weight is 838 g/mol. The molecule has 6 heteroatoms. The number of carbonyl (C=O) groups excluding carboxylic acids is 1. The summed E-state index contributed by atoms with van der Waals surface area (Å²) in [6.45, 7) is 19.2. The molecule has 0 saturated heterocycles. The summed E-state index contributed by atoms with van der Waals surface area (Å²) in [5.41, 5.74) is 7.24. The van der Waals surface area contributed by atoms with Gasteiger partial charge in [0, 0.05) is 67.1 Å². The van der Waals surface area contributed by atoms with Crippen molar-refractivity contribution in [3.05, 3.63) is 96.2 Å². The van der Waals surface area contributed by atoms with E-state index < -0.39 is 0 Å². The maximum Gasteiger partial charge on any atom is 0.162 e. The minimum absolute atomic E-state index is 0. The quantitative estimate of drug-likeness (QED) is 0.0815. The molecule has 2 aromatic carbocycles. The Hall–Kier alpha value is -3.60. The fourth-order valence-electron chi connectivity index (χ4n) is 6.32. The molecule has 0 saturated carbocycles. The summed E-state index contributed by atoms with van der Waals surface area (Å²) in [5, 5.41) is 13.2. The Balaban J connectivity index is 0.000000347. The van der Waals surface area contributed by atoms with Crippen molar-refractivity contribution in [1.82, 2.24) is 9.97 Å². The number of aromatic nitrogens is 2. The molecule has 5 rings (SSSR count). The van der Waals surface area contributed by atoms with Crippen molar-refractivity contribution in [3.8, 4) is 22.5 Å². The molecule has 0 aliphatic rings. The number of carbonyl (C=O) groups is 1. The van der Waals surface area contributed by atoms with Crippen LogP contribution in [0.5, 0.6) is 0 Å². The zero-order valence-electron chi connectivity index (χ0n) is 30.7. The van der Waals surface area contributed by atoms with Crippen LogP contribution in [0.25, 0.3) is 44.3 Å². The smallest absolute Gasteiger partial charge is 0.162 e. The van der Waals surface area contributed by atoms with Gasteiger partial charge < -0.3 is 9.52 Å². The van der Waals surface area contributed by atoms with Crippen LogP contribution in [-0.2, 0) is 36.7 Å². The number of benzene rings is 2. The summed E-state index contributed by atoms with van der Waals surface area (Å²) in [5.74, 6) is 1.09. The molecule has 0 amide bonds. The fraction of sp³-hybridized carbons (Fsp3) is 0.419. The standard InChI is InChI=1S/C30H29N2O.C13H24O2.Ir/c1-19(2)14-23-18-32-28(25-11-13-33-29(23)25)21-10-12-31-27(17-21)22-15-20-8-6-7-9-24(20)26(16-22)30(3,4)5;1-5-10(6-2)12(14)9-13(15)11(7-3)8-4;/h6-13,16-19H,14H2,1-5H3;9-11,14H,5-8H2,1-4H3;/q-1;;/b;12-9-;. The van der Waals surface area contributed by atoms with E-state index in [1.165, 1.54) is 17.0 Å². The Kier molecular flexibility index (Phi) is 14.5. The number of furan rings is 1. The largest absolute Gasteiger partial charge is 0.512 e. The maximum absolute atomic E-state index is 11.7. The second-order valence-electron chi connectivity index (χ2n) is 14.2. The first-order valence-corrected chi connectivity index (χ1v) is 17.6. The van der Waals surface area contributed by atoms with Gasteiger partial charge in [-0.1, -0.05) is 97.5 Å². The van der Waals surface area contributed by atoms with Crippen molar-refractivity contribution in [3.63, 3.8) is 0 Å². The van der Waals surface area contributed by atoms with Gasteiger partial charge in [0.1, 0.15) is 5.58 Å². The third kappa shape index (κ3) is 9.77. The molecule has 5 aromatic rings. The van der Waals surface area contributed by atoms with Crippen molar-refractivity contribution in [2.45, 2.75) is 99.8 Å². The summed E-state index contributed by atoms with van der Waals surface area (Å²) in [7, 11) is 0. The maximum atomic E-state index is 11.7. The topological polar surface area (TPSA) is 76.2 Å². The Morgan fingerprint density at radius 2 is 1.59 bits per heavy atom. The van der Waals surface area contributed by atoms with Crippen molar-refractivity contribution in [2.75, 3.05) is 0 Å². The number of allylic oxidation sites excluding steroid dienone is 2. The van der Waals surface area contributed by atoms with E-state index in [1.807, 2.05) is 52.2 Å². The van der Waals surface area contributed by atoms with Gasteiger partial charge in [-0.3, -0.25) is 14.8 Å². The summed E-state index contributed by atoms with van der Waals surface area (Å²) in [6.07, 6.45) is 11.4. The minimum atomic E-state index is 0. The molecule has 0 bridgehead atoms. The van der Waals surface area contributed by atoms with Gasteiger partial charge >= 0.3 is 0 Å².